The zero-order valence-corrected chi connectivity index (χ0v) is 19.9. The Morgan fingerprint density at radius 1 is 1.15 bits per heavy atom. The maximum Gasteiger partial charge on any atom is 0.424 e. The van der Waals surface area contributed by atoms with E-state index in [9.17, 15) is 26.6 Å². The fourth-order valence-electron chi connectivity index (χ4n) is 3.45. The minimum atomic E-state index is -4.95. The van der Waals surface area contributed by atoms with Gasteiger partial charge in [0, 0.05) is 22.3 Å². The number of nitrogens with one attached hydrogen (secondary N) is 2. The Kier molecular flexibility index (Phi) is 6.87. The molecule has 6 nitrogen and oxygen atoms in total. The molecule has 0 spiro atoms. The topological polar surface area (TPSA) is 79.8 Å². The van der Waals surface area contributed by atoms with E-state index in [2.05, 4.69) is 15.8 Å². The number of alkyl halides is 3. The van der Waals surface area contributed by atoms with Crippen LogP contribution in [0.2, 0.25) is 15.1 Å². The highest BCUT2D eigenvalue weighted by Crippen LogP contribution is 2.48. The van der Waals surface area contributed by atoms with Crippen LogP contribution >= 0.6 is 34.8 Å². The molecule has 2 saturated heterocycles. The van der Waals surface area contributed by atoms with Gasteiger partial charge in [-0.15, -0.1) is 0 Å². The van der Waals surface area contributed by atoms with Crippen molar-refractivity contribution in [2.45, 2.75) is 24.2 Å². The SMILES string of the molecule is O=C(NC1CS(=O)C1)c1cc(N=C2CC(c3cc(Cl)c(F)c(Cl)c3)(C(F)(F)F)ON2)ccc1Cl. The molecule has 1 amide bonds. The van der Waals surface area contributed by atoms with E-state index in [0.29, 0.717) is 11.5 Å². The van der Waals surface area contributed by atoms with Gasteiger partial charge in [-0.3, -0.25) is 19.3 Å². The summed E-state index contributed by atoms with van der Waals surface area (Å²) in [7, 11) is -0.964. The molecule has 2 fully saturated rings. The minimum Gasteiger partial charge on any atom is -0.347 e. The molecule has 2 aliphatic heterocycles. The first kappa shape index (κ1) is 25.2. The molecular weight excluding hydrogens is 545 g/mol. The molecule has 0 bridgehead atoms. The van der Waals surface area contributed by atoms with Gasteiger partial charge in [-0.25, -0.2) is 9.38 Å². The maximum atomic E-state index is 14.1. The molecule has 14 heteroatoms. The Hall–Kier alpha value is -1.92. The number of hydrogen-bond donors (Lipinski definition) is 2. The number of hydrogen-bond acceptors (Lipinski definition) is 4. The van der Waals surface area contributed by atoms with Crippen molar-refractivity contribution in [3.05, 3.63) is 62.3 Å². The molecule has 0 radical (unpaired) electrons. The number of carbonyl (C=O) groups is 1. The summed E-state index contributed by atoms with van der Waals surface area (Å²) in [4.78, 5) is 21.5. The summed E-state index contributed by atoms with van der Waals surface area (Å²) in [5.41, 5.74) is -1.10. The lowest BCUT2D eigenvalue weighted by Gasteiger charge is -2.29. The quantitative estimate of drug-likeness (QED) is 0.406. The van der Waals surface area contributed by atoms with E-state index in [1.807, 2.05) is 0 Å². The Bertz CT molecular complexity index is 1200. The molecule has 2 heterocycles. The first-order valence-electron chi connectivity index (χ1n) is 9.58. The Morgan fingerprint density at radius 2 is 1.79 bits per heavy atom. The van der Waals surface area contributed by atoms with E-state index in [-0.39, 0.29) is 28.2 Å². The van der Waals surface area contributed by atoms with Crippen molar-refractivity contribution >= 4 is 63.0 Å². The molecule has 4 rings (SSSR count). The van der Waals surface area contributed by atoms with Gasteiger partial charge in [-0.1, -0.05) is 34.8 Å². The molecule has 182 valence electrons. The van der Waals surface area contributed by atoms with Crippen LogP contribution in [0.4, 0.5) is 23.2 Å². The first-order chi connectivity index (χ1) is 15.9. The molecule has 2 aromatic rings. The molecular formula is C20H14Cl3F4N3O3S. The van der Waals surface area contributed by atoms with Gasteiger partial charge in [0.1, 0.15) is 5.84 Å². The van der Waals surface area contributed by atoms with Crippen molar-refractivity contribution in [1.29, 1.82) is 0 Å². The van der Waals surface area contributed by atoms with Gasteiger partial charge < -0.3 is 5.32 Å². The fraction of sp³-hybridized carbons (Fsp3) is 0.300. The number of carbonyl (C=O) groups excluding carboxylic acids is 1. The molecule has 2 N–H and O–H groups in total. The van der Waals surface area contributed by atoms with Crippen molar-refractivity contribution in [2.75, 3.05) is 11.5 Å². The van der Waals surface area contributed by atoms with Crippen molar-refractivity contribution in [3.8, 4) is 0 Å². The number of benzene rings is 2. The number of amides is 1. The minimum absolute atomic E-state index is 0.0549. The molecule has 34 heavy (non-hydrogen) atoms. The molecule has 0 saturated carbocycles. The molecule has 2 aliphatic rings. The van der Waals surface area contributed by atoms with E-state index >= 15 is 0 Å². The van der Waals surface area contributed by atoms with Crippen molar-refractivity contribution in [2.24, 2.45) is 4.99 Å². The second kappa shape index (κ2) is 9.27. The van der Waals surface area contributed by atoms with Crippen LogP contribution < -0.4 is 10.8 Å². The normalized spacial score (nSPS) is 25.7. The van der Waals surface area contributed by atoms with Crippen LogP contribution in [0.25, 0.3) is 0 Å². The largest absolute Gasteiger partial charge is 0.424 e. The van der Waals surface area contributed by atoms with Gasteiger partial charge in [0.2, 0.25) is 5.60 Å². The predicted molar refractivity (Wildman–Crippen MR) is 121 cm³/mol. The zero-order chi connectivity index (χ0) is 24.8. The molecule has 1 unspecified atom stereocenters. The van der Waals surface area contributed by atoms with Gasteiger partial charge in [0.15, 0.2) is 5.82 Å². The summed E-state index contributed by atoms with van der Waals surface area (Å²) in [6, 6.07) is 5.43. The van der Waals surface area contributed by atoms with E-state index in [1.54, 1.807) is 0 Å². The van der Waals surface area contributed by atoms with E-state index < -0.39 is 56.3 Å². The lowest BCUT2D eigenvalue weighted by molar-refractivity contribution is -0.282. The van der Waals surface area contributed by atoms with Gasteiger partial charge in [0.05, 0.1) is 38.8 Å². The van der Waals surface area contributed by atoms with Gasteiger partial charge >= 0.3 is 6.18 Å². The van der Waals surface area contributed by atoms with Crippen LogP contribution in [0.1, 0.15) is 22.3 Å². The van der Waals surface area contributed by atoms with Crippen molar-refractivity contribution in [1.82, 2.24) is 10.8 Å². The molecule has 0 aliphatic carbocycles. The highest BCUT2D eigenvalue weighted by Gasteiger charge is 2.62. The highest BCUT2D eigenvalue weighted by atomic mass is 35.5. The van der Waals surface area contributed by atoms with Gasteiger partial charge in [0.25, 0.3) is 5.91 Å². The predicted octanol–water partition coefficient (Wildman–Crippen LogP) is 5.06. The number of aliphatic imine (C=N–C) groups is 1. The van der Waals surface area contributed by atoms with E-state index in [4.69, 9.17) is 39.6 Å². The average Bonchev–Trinajstić information content (AvgIpc) is 3.17. The third-order valence-electron chi connectivity index (χ3n) is 5.24. The number of nitrogens with zero attached hydrogens (tertiary/aromatic N) is 1. The van der Waals surface area contributed by atoms with Gasteiger partial charge in [-0.05, 0) is 35.9 Å². The lowest BCUT2D eigenvalue weighted by atomic mass is 9.90. The van der Waals surface area contributed by atoms with Crippen LogP contribution in [0, 0.1) is 5.82 Å². The number of rotatable bonds is 4. The third kappa shape index (κ3) is 4.76. The number of halogens is 7. The van der Waals surface area contributed by atoms with E-state index in [0.717, 1.165) is 12.1 Å². The summed E-state index contributed by atoms with van der Waals surface area (Å²) < 4.78 is 67.3. The Balaban J connectivity index is 1.62. The smallest absolute Gasteiger partial charge is 0.347 e. The summed E-state index contributed by atoms with van der Waals surface area (Å²) in [5.74, 6) is -1.11. The highest BCUT2D eigenvalue weighted by molar-refractivity contribution is 7.86. The van der Waals surface area contributed by atoms with Crippen molar-refractivity contribution < 1.29 is 31.4 Å². The monoisotopic (exact) mass is 557 g/mol. The standard InChI is InChI=1S/C20H14Cl3F4N3O3S/c21-13-2-1-10(5-12(13)18(31)29-11-7-34(32)8-11)28-16-6-19(33-30-16,20(25,26)27)9-3-14(22)17(24)15(23)4-9/h1-5,11H,6-8H2,(H,28,30)(H,29,31). The van der Waals surface area contributed by atoms with E-state index in [1.165, 1.54) is 18.2 Å². The number of hydroxylamine groups is 1. The Labute approximate surface area is 208 Å². The second-order valence-corrected chi connectivity index (χ2v) is 10.4. The zero-order valence-electron chi connectivity index (χ0n) is 16.8. The average molecular weight is 559 g/mol. The maximum absolute atomic E-state index is 14.1. The fourth-order valence-corrected chi connectivity index (χ4v) is 5.10. The first-order valence-corrected chi connectivity index (χ1v) is 12.2. The number of amidine groups is 1. The van der Waals surface area contributed by atoms with Gasteiger partial charge in [-0.2, -0.15) is 13.2 Å². The van der Waals surface area contributed by atoms with Crippen LogP contribution in [-0.4, -0.2) is 39.7 Å². The summed E-state index contributed by atoms with van der Waals surface area (Å²) >= 11 is 17.5. The van der Waals surface area contributed by atoms with Crippen LogP contribution in [0.15, 0.2) is 35.3 Å². The second-order valence-electron chi connectivity index (χ2n) is 7.63. The Morgan fingerprint density at radius 3 is 2.38 bits per heavy atom. The van der Waals surface area contributed by atoms with Crippen LogP contribution in [0.3, 0.4) is 0 Å². The molecule has 1 atom stereocenters. The van der Waals surface area contributed by atoms with Crippen LogP contribution in [0.5, 0.6) is 0 Å². The summed E-state index contributed by atoms with van der Waals surface area (Å²) in [6.45, 7) is 0. The molecule has 2 aromatic carbocycles. The van der Waals surface area contributed by atoms with Crippen molar-refractivity contribution in [3.63, 3.8) is 0 Å². The lowest BCUT2D eigenvalue weighted by Crippen LogP contribution is -2.50. The molecule has 0 aromatic heterocycles. The van der Waals surface area contributed by atoms with Crippen LogP contribution in [-0.2, 0) is 21.2 Å². The third-order valence-corrected chi connectivity index (χ3v) is 7.66. The summed E-state index contributed by atoms with van der Waals surface area (Å²) in [6.07, 6.45) is -5.75. The summed E-state index contributed by atoms with van der Waals surface area (Å²) in [5, 5.41) is 1.61.